The molecular weight excluding hydrogens is 468 g/mol. The van der Waals surface area contributed by atoms with Crippen molar-refractivity contribution in [3.8, 4) is 0 Å². The van der Waals surface area contributed by atoms with E-state index >= 15 is 0 Å². The number of rotatable bonds is 4. The summed E-state index contributed by atoms with van der Waals surface area (Å²) in [6.45, 7) is 3.49. The van der Waals surface area contributed by atoms with Gasteiger partial charge in [-0.1, -0.05) is 6.92 Å². The molecule has 0 atom stereocenters. The molecule has 1 rings (SSSR count). The molecule has 0 aliphatic carbocycles. The van der Waals surface area contributed by atoms with Crippen molar-refractivity contribution in [1.82, 2.24) is 0 Å². The maximum absolute atomic E-state index is 9.75. The van der Waals surface area contributed by atoms with Crippen LogP contribution in [0.3, 0.4) is 0 Å². The quantitative estimate of drug-likeness (QED) is 0.243. The van der Waals surface area contributed by atoms with E-state index in [0.717, 1.165) is 6.73 Å². The van der Waals surface area contributed by atoms with Gasteiger partial charge in [0.15, 0.2) is 6.73 Å². The highest BCUT2D eigenvalue weighted by Crippen LogP contribution is 2.19. The Balaban J connectivity index is -0.000000153. The van der Waals surface area contributed by atoms with E-state index in [4.69, 9.17) is 4.74 Å². The molecule has 1 heterocycles. The van der Waals surface area contributed by atoms with E-state index in [2.05, 4.69) is 6.92 Å². The summed E-state index contributed by atoms with van der Waals surface area (Å²) < 4.78 is 152. The van der Waals surface area contributed by atoms with Crippen molar-refractivity contribution in [2.75, 3.05) is 33.5 Å². The van der Waals surface area contributed by atoms with Crippen LogP contribution < -0.4 is 0 Å². The van der Waals surface area contributed by atoms with Gasteiger partial charge in [-0.15, -0.1) is 0 Å². The molecule has 1 saturated heterocycles. The number of halogens is 15. The molecule has 1 aliphatic rings. The van der Waals surface area contributed by atoms with Gasteiger partial charge >= 0.3 is 28.4 Å². The first-order valence-corrected chi connectivity index (χ1v) is 7.94. The van der Waals surface area contributed by atoms with E-state index in [-0.39, 0.29) is 0 Å². The molecule has 2 nitrogen and oxygen atoms in total. The summed E-state index contributed by atoms with van der Waals surface area (Å²) in [6, 6.07) is 0. The molecule has 0 bridgehead atoms. The monoisotopic (exact) mass is 489 g/mol. The molecule has 0 amide bonds. The van der Waals surface area contributed by atoms with E-state index in [1.165, 1.54) is 43.4 Å². The standard InChI is InChI=1S/C9H20NO.CHF3.3BF4/c1-3-6-10(9-11-2)7-4-5-8-10;2-1(3)4;3*2-1(3,4)5/h3-9H2,1-2H3;1H;;;/q+1;;3*-1. The third kappa shape index (κ3) is 71.2. The number of likely N-dealkylation sites (tertiary alicyclic amines) is 1. The lowest BCUT2D eigenvalue weighted by Gasteiger charge is -2.32. The predicted octanol–water partition coefficient (Wildman–Crippen LogP) is 6.69. The van der Waals surface area contributed by atoms with Crippen molar-refractivity contribution in [1.29, 1.82) is 0 Å². The first-order chi connectivity index (χ1) is 13.1. The molecule has 20 heteroatoms. The normalized spacial score (nSPS) is 15.4. The number of methoxy groups -OCH3 is 1. The minimum atomic E-state index is -6.00. The van der Waals surface area contributed by atoms with Crippen molar-refractivity contribution >= 4 is 21.8 Å². The van der Waals surface area contributed by atoms with Crippen LogP contribution in [-0.2, 0) is 4.74 Å². The molecule has 0 radical (unpaired) electrons. The van der Waals surface area contributed by atoms with Gasteiger partial charge in [0.1, 0.15) is 0 Å². The second-order valence-corrected chi connectivity index (χ2v) is 5.37. The third-order valence-corrected chi connectivity index (χ3v) is 2.62. The van der Waals surface area contributed by atoms with Gasteiger partial charge in [0.25, 0.3) is 0 Å². The van der Waals surface area contributed by atoms with Crippen LogP contribution in [0.5, 0.6) is 0 Å². The maximum atomic E-state index is 9.75. The van der Waals surface area contributed by atoms with Crippen LogP contribution in [0, 0.1) is 0 Å². The third-order valence-electron chi connectivity index (χ3n) is 2.62. The van der Waals surface area contributed by atoms with Crippen LogP contribution in [0.1, 0.15) is 26.2 Å². The average Bonchev–Trinajstić information content (AvgIpc) is 2.81. The highest BCUT2D eigenvalue weighted by Gasteiger charge is 2.30. The topological polar surface area (TPSA) is 9.23 Å². The predicted molar refractivity (Wildman–Crippen MR) is 83.9 cm³/mol. The first kappa shape index (κ1) is 36.4. The van der Waals surface area contributed by atoms with Gasteiger partial charge in [0.05, 0.1) is 19.6 Å². The lowest BCUT2D eigenvalue weighted by molar-refractivity contribution is -0.934. The minimum absolute atomic E-state index is 0.924. The molecule has 0 aromatic carbocycles. The highest BCUT2D eigenvalue weighted by atomic mass is 19.5. The molecule has 1 aliphatic heterocycles. The van der Waals surface area contributed by atoms with Crippen LogP contribution in [-0.4, -0.2) is 66.4 Å². The number of hydrogen-bond acceptors (Lipinski definition) is 1. The van der Waals surface area contributed by atoms with Crippen molar-refractivity contribution in [2.45, 2.75) is 32.9 Å². The van der Waals surface area contributed by atoms with Crippen molar-refractivity contribution in [3.63, 3.8) is 0 Å². The van der Waals surface area contributed by atoms with Gasteiger partial charge in [-0.25, -0.2) is 0 Å². The molecule has 0 unspecified atom stereocenters. The van der Waals surface area contributed by atoms with Crippen molar-refractivity contribution < 1.29 is 74.2 Å². The summed E-state index contributed by atoms with van der Waals surface area (Å²) in [6.07, 6.45) is 4.07. The molecule has 0 saturated carbocycles. The Morgan fingerprint density at radius 3 is 1.10 bits per heavy atom. The molecule has 1 fully saturated rings. The zero-order valence-corrected chi connectivity index (χ0v) is 15.8. The van der Waals surface area contributed by atoms with E-state index in [1.54, 1.807) is 0 Å². The molecule has 0 aromatic rings. The Labute approximate surface area is 163 Å². The number of alkyl halides is 3. The Hall–Kier alpha value is -0.935. The van der Waals surface area contributed by atoms with Crippen molar-refractivity contribution in [3.05, 3.63) is 0 Å². The fourth-order valence-corrected chi connectivity index (χ4v) is 2.17. The molecule has 0 N–H and O–H groups in total. The summed E-state index contributed by atoms with van der Waals surface area (Å²) in [7, 11) is -16.2. The largest absolute Gasteiger partial charge is 0.673 e. The van der Waals surface area contributed by atoms with E-state index in [9.17, 15) is 65.0 Å². The summed E-state index contributed by atoms with van der Waals surface area (Å²) in [5.74, 6) is 0. The number of hydrogen-bond donors (Lipinski definition) is 0. The van der Waals surface area contributed by atoms with Gasteiger partial charge in [-0.05, 0) is 6.42 Å². The molecule has 0 spiro atoms. The average molecular weight is 489 g/mol. The Kier molecular flexibility index (Phi) is 21.5. The van der Waals surface area contributed by atoms with Crippen LogP contribution in [0.25, 0.3) is 0 Å². The van der Waals surface area contributed by atoms with Crippen molar-refractivity contribution in [2.24, 2.45) is 0 Å². The fourth-order valence-electron chi connectivity index (χ4n) is 2.17. The lowest BCUT2D eigenvalue weighted by Crippen LogP contribution is -2.47. The Bertz CT molecular complexity index is 314. The van der Waals surface area contributed by atoms with Crippen LogP contribution in [0.15, 0.2) is 0 Å². The van der Waals surface area contributed by atoms with Gasteiger partial charge in [-0.3, -0.25) is 0 Å². The van der Waals surface area contributed by atoms with Gasteiger partial charge in [-0.2, -0.15) is 13.2 Å². The summed E-state index contributed by atoms with van der Waals surface area (Å²) in [4.78, 5) is 0. The number of quaternary nitrogens is 1. The zero-order valence-electron chi connectivity index (χ0n) is 15.8. The molecule has 0 aromatic heterocycles. The first-order valence-electron chi connectivity index (χ1n) is 7.94. The minimum Gasteiger partial charge on any atom is -0.418 e. The van der Waals surface area contributed by atoms with Gasteiger partial charge in [0.2, 0.25) is 0 Å². The fraction of sp³-hybridized carbons (Fsp3) is 1.00. The number of nitrogens with zero attached hydrogens (tertiary/aromatic N) is 1. The Morgan fingerprint density at radius 2 is 0.933 bits per heavy atom. The molecule has 188 valence electrons. The van der Waals surface area contributed by atoms with Crippen LogP contribution >= 0.6 is 0 Å². The van der Waals surface area contributed by atoms with Gasteiger partial charge in [0, 0.05) is 20.0 Å². The van der Waals surface area contributed by atoms with E-state index < -0.39 is 28.4 Å². The summed E-state index contributed by atoms with van der Waals surface area (Å²) >= 11 is 0. The SMILES string of the molecule is CCC[N+]1(COC)CCCC1.FC(F)F.F[B-](F)(F)F.F[B-](F)(F)F.F[B-](F)(F)F. The van der Waals surface area contributed by atoms with Crippen LogP contribution in [0.2, 0.25) is 0 Å². The zero-order chi connectivity index (χ0) is 25.2. The highest BCUT2D eigenvalue weighted by molar-refractivity contribution is 6.50. The smallest absolute Gasteiger partial charge is 0.418 e. The summed E-state index contributed by atoms with van der Waals surface area (Å²) in [5, 5.41) is 0. The number of ether oxygens (including phenoxy) is 1. The van der Waals surface area contributed by atoms with Gasteiger partial charge < -0.3 is 61.0 Å². The maximum Gasteiger partial charge on any atom is 0.673 e. The summed E-state index contributed by atoms with van der Waals surface area (Å²) in [5.41, 5.74) is 0. The Morgan fingerprint density at radius 1 is 0.700 bits per heavy atom. The lowest BCUT2D eigenvalue weighted by atomic mass is 10.3. The second kappa shape index (κ2) is 17.7. The molecular formula is C10H21B3F15NO-2. The van der Waals surface area contributed by atoms with Crippen LogP contribution in [0.4, 0.5) is 65.0 Å². The van der Waals surface area contributed by atoms with E-state index in [0.29, 0.717) is 0 Å². The molecule has 30 heavy (non-hydrogen) atoms. The van der Waals surface area contributed by atoms with E-state index in [1.807, 2.05) is 7.11 Å². The second-order valence-electron chi connectivity index (χ2n) is 5.37.